The number of carbonyl (C=O) groups is 2. The number of rotatable bonds is 6. The molecule has 1 amide bonds. The highest BCUT2D eigenvalue weighted by molar-refractivity contribution is 6.55. The van der Waals surface area contributed by atoms with Gasteiger partial charge in [-0.15, -0.1) is 0 Å². The minimum atomic E-state index is -0.882. The summed E-state index contributed by atoms with van der Waals surface area (Å²) < 4.78 is 4.74. The van der Waals surface area contributed by atoms with Crippen LogP contribution in [0.5, 0.6) is 0 Å². The van der Waals surface area contributed by atoms with E-state index < -0.39 is 39.6 Å². The third-order valence-electron chi connectivity index (χ3n) is 3.23. The largest absolute Gasteiger partial charge is 0.465 e. The second-order valence-electron chi connectivity index (χ2n) is 4.69. The molecule has 0 saturated heterocycles. The van der Waals surface area contributed by atoms with Gasteiger partial charge in [0, 0.05) is 11.6 Å². The molecule has 0 atom stereocenters. The molecule has 0 aromatic heterocycles. The molecule has 0 spiro atoms. The predicted octanol–water partition coefficient (Wildman–Crippen LogP) is 0.763. The average Bonchev–Trinajstić information content (AvgIpc) is 2.80. The van der Waals surface area contributed by atoms with Crippen molar-refractivity contribution in [1.82, 2.24) is 0 Å². The fourth-order valence-corrected chi connectivity index (χ4v) is 2.32. The zero-order chi connectivity index (χ0) is 18.7. The fraction of sp³-hybridized carbons (Fsp3) is 0.308. The van der Waals surface area contributed by atoms with Gasteiger partial charge >= 0.3 is 11.7 Å². The lowest BCUT2D eigenvalue weighted by Crippen LogP contribution is -2.36. The van der Waals surface area contributed by atoms with Gasteiger partial charge < -0.3 is 9.57 Å². The van der Waals surface area contributed by atoms with E-state index in [1.807, 2.05) is 0 Å². The van der Waals surface area contributed by atoms with Gasteiger partial charge in [-0.1, -0.05) is 5.16 Å². The Bertz CT molecular complexity index is 803. The van der Waals surface area contributed by atoms with Crippen LogP contribution in [0.15, 0.2) is 17.3 Å². The number of hydrogen-bond donors (Lipinski definition) is 0. The number of hydrogen-bond acceptors (Lipinski definition) is 9. The van der Waals surface area contributed by atoms with Gasteiger partial charge in [0.2, 0.25) is 0 Å². The molecular weight excluding hydrogens is 340 g/mol. The zero-order valence-electron chi connectivity index (χ0n) is 13.1. The maximum atomic E-state index is 12.5. The molecule has 0 unspecified atom stereocenters. The quantitative estimate of drug-likeness (QED) is 0.413. The number of nitro groups is 2. The first-order chi connectivity index (χ1) is 11.8. The monoisotopic (exact) mass is 352 g/mol. The summed E-state index contributed by atoms with van der Waals surface area (Å²) in [7, 11) is 1.14. The van der Waals surface area contributed by atoms with E-state index in [-0.39, 0.29) is 23.6 Å². The highest BCUT2D eigenvalue weighted by atomic mass is 16.6. The number of carbonyl (C=O) groups excluding carboxylic acids is 2. The van der Waals surface area contributed by atoms with Gasteiger partial charge in [-0.25, -0.2) is 0 Å². The van der Waals surface area contributed by atoms with Gasteiger partial charge in [-0.05, 0) is 6.92 Å². The van der Waals surface area contributed by atoms with Gasteiger partial charge in [0.1, 0.15) is 19.3 Å². The molecule has 1 aromatic rings. The van der Waals surface area contributed by atoms with E-state index in [9.17, 15) is 29.8 Å². The van der Waals surface area contributed by atoms with Gasteiger partial charge in [0.05, 0.1) is 22.5 Å². The normalized spacial score (nSPS) is 14.4. The van der Waals surface area contributed by atoms with E-state index in [1.54, 1.807) is 6.92 Å². The molecule has 132 valence electrons. The van der Waals surface area contributed by atoms with Crippen LogP contribution < -0.4 is 4.90 Å². The summed E-state index contributed by atoms with van der Waals surface area (Å²) in [6, 6.07) is 1.67. The molecule has 0 bridgehead atoms. The van der Waals surface area contributed by atoms with Gasteiger partial charge in [-0.2, -0.15) is 0 Å². The van der Waals surface area contributed by atoms with Crippen molar-refractivity contribution in [3.63, 3.8) is 0 Å². The molecule has 0 aliphatic carbocycles. The highest BCUT2D eigenvalue weighted by Crippen LogP contribution is 2.41. The zero-order valence-corrected chi connectivity index (χ0v) is 13.1. The maximum absolute atomic E-state index is 12.5. The molecule has 25 heavy (non-hydrogen) atoms. The van der Waals surface area contributed by atoms with Crippen molar-refractivity contribution in [2.75, 3.05) is 25.2 Å². The molecule has 12 heteroatoms. The van der Waals surface area contributed by atoms with Crippen LogP contribution in [0.4, 0.5) is 17.1 Å². The van der Waals surface area contributed by atoms with Crippen LogP contribution in [-0.2, 0) is 19.2 Å². The lowest BCUT2D eigenvalue weighted by molar-refractivity contribution is -0.393. The number of nitro benzene ring substituents is 2. The van der Waals surface area contributed by atoms with E-state index in [0.717, 1.165) is 18.1 Å². The fourth-order valence-electron chi connectivity index (χ4n) is 2.32. The Morgan fingerprint density at radius 1 is 1.28 bits per heavy atom. The number of esters is 1. The third-order valence-corrected chi connectivity index (χ3v) is 3.23. The van der Waals surface area contributed by atoms with Crippen molar-refractivity contribution in [1.29, 1.82) is 0 Å². The minimum absolute atomic E-state index is 0.0507. The first-order valence-corrected chi connectivity index (χ1v) is 6.87. The number of ether oxygens (including phenoxy) is 1. The lowest BCUT2D eigenvalue weighted by atomic mass is 10.1. The minimum Gasteiger partial charge on any atom is -0.465 e. The summed E-state index contributed by atoms with van der Waals surface area (Å²) in [6.07, 6.45) is 0. The van der Waals surface area contributed by atoms with E-state index in [4.69, 9.17) is 4.74 Å². The molecule has 1 aliphatic heterocycles. The highest BCUT2D eigenvalue weighted by Gasteiger charge is 2.43. The Hall–Kier alpha value is -3.57. The van der Waals surface area contributed by atoms with Crippen molar-refractivity contribution in [2.45, 2.75) is 6.92 Å². The van der Waals surface area contributed by atoms with E-state index in [1.165, 1.54) is 0 Å². The van der Waals surface area contributed by atoms with Crippen molar-refractivity contribution >= 4 is 34.7 Å². The Balaban J connectivity index is 2.69. The summed E-state index contributed by atoms with van der Waals surface area (Å²) in [5, 5.41) is 25.8. The second kappa shape index (κ2) is 6.90. The molecule has 0 fully saturated rings. The maximum Gasteiger partial charge on any atom is 0.326 e. The molecule has 0 radical (unpaired) electrons. The average molecular weight is 352 g/mol. The number of amides is 1. The Kier molecular flexibility index (Phi) is 4.91. The van der Waals surface area contributed by atoms with Gasteiger partial charge in [0.15, 0.2) is 5.71 Å². The van der Waals surface area contributed by atoms with E-state index in [2.05, 4.69) is 9.99 Å². The van der Waals surface area contributed by atoms with Crippen molar-refractivity contribution in [2.24, 2.45) is 5.16 Å². The first kappa shape index (κ1) is 17.8. The topological polar surface area (TPSA) is 154 Å². The van der Waals surface area contributed by atoms with E-state index in [0.29, 0.717) is 6.07 Å². The standard InChI is InChI=1S/C13H12N4O8/c1-3-25-10(18)6-15-12-8(11(13(15)19)14-24-2)4-7(16(20)21)5-9(12)17(22)23/h4-5H,3,6H2,1-2H3/b14-11-. The van der Waals surface area contributed by atoms with Gasteiger partial charge in [-0.3, -0.25) is 34.7 Å². The first-order valence-electron chi connectivity index (χ1n) is 6.87. The molecule has 2 rings (SSSR count). The molecule has 1 aromatic carbocycles. The van der Waals surface area contributed by atoms with Crippen LogP contribution in [0.25, 0.3) is 0 Å². The van der Waals surface area contributed by atoms with Crippen LogP contribution in [0.3, 0.4) is 0 Å². The molecule has 1 heterocycles. The smallest absolute Gasteiger partial charge is 0.326 e. The molecule has 12 nitrogen and oxygen atoms in total. The predicted molar refractivity (Wildman–Crippen MR) is 82.3 cm³/mol. The molecule has 0 N–H and O–H groups in total. The summed E-state index contributed by atoms with van der Waals surface area (Å²) in [5.41, 5.74) is -2.13. The summed E-state index contributed by atoms with van der Waals surface area (Å²) >= 11 is 0. The van der Waals surface area contributed by atoms with Crippen molar-refractivity contribution in [3.8, 4) is 0 Å². The number of fused-ring (bicyclic) bond motifs is 1. The van der Waals surface area contributed by atoms with Crippen molar-refractivity contribution in [3.05, 3.63) is 37.9 Å². The van der Waals surface area contributed by atoms with Crippen LogP contribution in [-0.4, -0.2) is 47.7 Å². The lowest BCUT2D eigenvalue weighted by Gasteiger charge is -2.15. The van der Waals surface area contributed by atoms with Crippen LogP contribution in [0.2, 0.25) is 0 Å². The third kappa shape index (κ3) is 3.22. The Labute approximate surface area is 139 Å². The van der Waals surface area contributed by atoms with Crippen LogP contribution >= 0.6 is 0 Å². The summed E-state index contributed by atoms with van der Waals surface area (Å²) in [5.74, 6) is -1.67. The second-order valence-corrected chi connectivity index (χ2v) is 4.69. The van der Waals surface area contributed by atoms with E-state index >= 15 is 0 Å². The number of benzene rings is 1. The van der Waals surface area contributed by atoms with Crippen LogP contribution in [0.1, 0.15) is 12.5 Å². The van der Waals surface area contributed by atoms with Crippen LogP contribution in [0, 0.1) is 20.2 Å². The summed E-state index contributed by atoms with van der Waals surface area (Å²) in [4.78, 5) is 50.1. The molecular formula is C13H12N4O8. The molecule has 0 saturated carbocycles. The Morgan fingerprint density at radius 3 is 2.48 bits per heavy atom. The number of nitrogens with zero attached hydrogens (tertiary/aromatic N) is 4. The number of non-ortho nitro benzene ring substituents is 1. The number of oxime groups is 1. The van der Waals surface area contributed by atoms with Crippen molar-refractivity contribution < 1.29 is 29.0 Å². The molecule has 1 aliphatic rings. The summed E-state index contributed by atoms with van der Waals surface area (Å²) in [6.45, 7) is 0.997. The Morgan fingerprint density at radius 2 is 1.96 bits per heavy atom. The van der Waals surface area contributed by atoms with Gasteiger partial charge in [0.25, 0.3) is 11.6 Å². The number of anilines is 1. The SMILES string of the molecule is CCOC(=O)CN1C(=O)/C(=N\OC)c2cc([N+](=O)[O-])cc([N+](=O)[O-])c21.